The molecule has 0 radical (unpaired) electrons. The normalized spacial score (nSPS) is 15.8. The maximum atomic E-state index is 13.4. The molecule has 0 aliphatic carbocycles. The maximum absolute atomic E-state index is 13.4. The quantitative estimate of drug-likeness (QED) is 0.862. The number of halogens is 1. The van der Waals surface area contributed by atoms with E-state index in [1.807, 2.05) is 0 Å². The largest absolute Gasteiger partial charge is 0.481 e. The van der Waals surface area contributed by atoms with E-state index in [1.165, 1.54) is 12.1 Å². The molecule has 2 aromatic rings. The van der Waals surface area contributed by atoms with Gasteiger partial charge in [-0.05, 0) is 25.0 Å². The molecule has 6 nitrogen and oxygen atoms in total. The predicted molar refractivity (Wildman–Crippen MR) is 76.8 cm³/mol. The highest BCUT2D eigenvalue weighted by Gasteiger charge is 2.24. The van der Waals surface area contributed by atoms with Crippen LogP contribution in [0, 0.1) is 5.82 Å². The molecular formula is C15H17FN4O2. The third-order valence-electron chi connectivity index (χ3n) is 3.77. The number of likely N-dealkylation sites (tertiary alicyclic amines) is 1. The van der Waals surface area contributed by atoms with E-state index in [4.69, 9.17) is 4.74 Å². The summed E-state index contributed by atoms with van der Waals surface area (Å²) in [5.74, 6) is -0.486. The minimum atomic E-state index is -0.459. The molecule has 1 aliphatic rings. The van der Waals surface area contributed by atoms with Crippen LogP contribution >= 0.6 is 0 Å². The van der Waals surface area contributed by atoms with Gasteiger partial charge in [0.15, 0.2) is 18.2 Å². The Balaban J connectivity index is 1.49. The van der Waals surface area contributed by atoms with Gasteiger partial charge in [-0.25, -0.2) is 4.39 Å². The number of hydrogen-bond donors (Lipinski definition) is 0. The molecule has 2 heterocycles. The highest BCUT2D eigenvalue weighted by atomic mass is 19.1. The van der Waals surface area contributed by atoms with Crippen LogP contribution in [-0.2, 0) is 4.79 Å². The first-order chi connectivity index (χ1) is 10.7. The van der Waals surface area contributed by atoms with Crippen LogP contribution in [0.25, 0.3) is 0 Å². The summed E-state index contributed by atoms with van der Waals surface area (Å²) >= 11 is 0. The number of ether oxygens (including phenoxy) is 1. The molecule has 7 heteroatoms. The number of benzene rings is 1. The zero-order valence-electron chi connectivity index (χ0n) is 12.1. The van der Waals surface area contributed by atoms with Gasteiger partial charge >= 0.3 is 0 Å². The SMILES string of the molecule is O=C(COc1ccccc1F)N1CCC(n2nccn2)CC1. The summed E-state index contributed by atoms with van der Waals surface area (Å²) in [6.45, 7) is 1.11. The monoisotopic (exact) mass is 304 g/mol. The smallest absolute Gasteiger partial charge is 0.260 e. The fourth-order valence-corrected chi connectivity index (χ4v) is 2.55. The lowest BCUT2D eigenvalue weighted by Crippen LogP contribution is -2.41. The second-order valence-corrected chi connectivity index (χ2v) is 5.18. The Labute approximate surface area is 127 Å². The van der Waals surface area contributed by atoms with Gasteiger partial charge < -0.3 is 9.64 Å². The number of carbonyl (C=O) groups excluding carboxylic acids is 1. The lowest BCUT2D eigenvalue weighted by atomic mass is 10.1. The molecule has 116 valence electrons. The molecule has 1 aliphatic heterocycles. The summed E-state index contributed by atoms with van der Waals surface area (Å²) in [7, 11) is 0. The molecule has 0 N–H and O–H groups in total. The second-order valence-electron chi connectivity index (χ2n) is 5.18. The Morgan fingerprint density at radius 3 is 2.59 bits per heavy atom. The minimum Gasteiger partial charge on any atom is -0.481 e. The zero-order chi connectivity index (χ0) is 15.4. The summed E-state index contributed by atoms with van der Waals surface area (Å²) in [4.78, 5) is 15.5. The van der Waals surface area contributed by atoms with Gasteiger partial charge in [-0.2, -0.15) is 15.0 Å². The Morgan fingerprint density at radius 1 is 1.23 bits per heavy atom. The van der Waals surface area contributed by atoms with E-state index in [0.29, 0.717) is 13.1 Å². The third kappa shape index (κ3) is 3.24. The zero-order valence-corrected chi connectivity index (χ0v) is 12.1. The third-order valence-corrected chi connectivity index (χ3v) is 3.77. The summed E-state index contributed by atoms with van der Waals surface area (Å²) < 4.78 is 18.7. The van der Waals surface area contributed by atoms with Gasteiger partial charge in [0.1, 0.15) is 0 Å². The Bertz CT molecular complexity index is 624. The van der Waals surface area contributed by atoms with Gasteiger partial charge in [0.25, 0.3) is 5.91 Å². The number of piperidine rings is 1. The van der Waals surface area contributed by atoms with Crippen LogP contribution in [0.1, 0.15) is 18.9 Å². The molecule has 22 heavy (non-hydrogen) atoms. The van der Waals surface area contributed by atoms with Crippen molar-refractivity contribution in [1.82, 2.24) is 19.9 Å². The Kier molecular flexibility index (Phi) is 4.32. The van der Waals surface area contributed by atoms with Gasteiger partial charge in [-0.1, -0.05) is 12.1 Å². The van der Waals surface area contributed by atoms with Gasteiger partial charge in [-0.3, -0.25) is 4.79 Å². The van der Waals surface area contributed by atoms with Crippen molar-refractivity contribution in [2.24, 2.45) is 0 Å². The lowest BCUT2D eigenvalue weighted by Gasteiger charge is -2.31. The van der Waals surface area contributed by atoms with Crippen molar-refractivity contribution in [2.45, 2.75) is 18.9 Å². The molecule has 1 aromatic heterocycles. The van der Waals surface area contributed by atoms with Crippen LogP contribution in [-0.4, -0.2) is 45.5 Å². The van der Waals surface area contributed by atoms with Gasteiger partial charge in [0, 0.05) is 13.1 Å². The van der Waals surface area contributed by atoms with E-state index in [2.05, 4.69) is 10.2 Å². The van der Waals surface area contributed by atoms with Gasteiger partial charge in [0.05, 0.1) is 18.4 Å². The van der Waals surface area contributed by atoms with E-state index >= 15 is 0 Å². The average Bonchev–Trinajstić information content (AvgIpc) is 3.08. The summed E-state index contributed by atoms with van der Waals surface area (Å²) in [5, 5.41) is 8.26. The first-order valence-electron chi connectivity index (χ1n) is 7.25. The molecule has 1 fully saturated rings. The van der Waals surface area contributed by atoms with Crippen LogP contribution in [0.3, 0.4) is 0 Å². The number of para-hydroxylation sites is 1. The van der Waals surface area contributed by atoms with Crippen molar-refractivity contribution in [3.05, 3.63) is 42.5 Å². The van der Waals surface area contributed by atoms with E-state index in [9.17, 15) is 9.18 Å². The maximum Gasteiger partial charge on any atom is 0.260 e. The van der Waals surface area contributed by atoms with E-state index < -0.39 is 5.82 Å². The fraction of sp³-hybridized carbons (Fsp3) is 0.400. The first-order valence-corrected chi connectivity index (χ1v) is 7.25. The average molecular weight is 304 g/mol. The highest BCUT2D eigenvalue weighted by Crippen LogP contribution is 2.21. The van der Waals surface area contributed by atoms with Crippen LogP contribution in [0.5, 0.6) is 5.75 Å². The Morgan fingerprint density at radius 2 is 1.91 bits per heavy atom. The van der Waals surface area contributed by atoms with Crippen LogP contribution in [0.2, 0.25) is 0 Å². The highest BCUT2D eigenvalue weighted by molar-refractivity contribution is 5.77. The number of nitrogens with zero attached hydrogens (tertiary/aromatic N) is 4. The summed E-state index contributed by atoms with van der Waals surface area (Å²) in [5.41, 5.74) is 0. The molecule has 0 spiro atoms. The van der Waals surface area contributed by atoms with Crippen molar-refractivity contribution in [3.8, 4) is 5.75 Å². The molecule has 1 saturated heterocycles. The Hall–Kier alpha value is -2.44. The van der Waals surface area contributed by atoms with E-state index in [1.54, 1.807) is 34.2 Å². The number of amides is 1. The van der Waals surface area contributed by atoms with Crippen LogP contribution in [0.4, 0.5) is 4.39 Å². The molecule has 1 aromatic carbocycles. The summed E-state index contributed by atoms with van der Waals surface area (Å²) in [6, 6.07) is 6.30. The first kappa shape index (κ1) is 14.5. The number of carbonyl (C=O) groups is 1. The number of aromatic nitrogens is 3. The molecule has 0 atom stereocenters. The second kappa shape index (κ2) is 6.55. The molecule has 3 rings (SSSR count). The van der Waals surface area contributed by atoms with Crippen LogP contribution in [0.15, 0.2) is 36.7 Å². The molecule has 0 bridgehead atoms. The van der Waals surface area contributed by atoms with E-state index in [0.717, 1.165) is 12.8 Å². The van der Waals surface area contributed by atoms with Crippen molar-refractivity contribution in [2.75, 3.05) is 19.7 Å². The molecule has 0 unspecified atom stereocenters. The molecule has 1 amide bonds. The van der Waals surface area contributed by atoms with Crippen LogP contribution < -0.4 is 4.74 Å². The molecular weight excluding hydrogens is 287 g/mol. The fourth-order valence-electron chi connectivity index (χ4n) is 2.55. The van der Waals surface area contributed by atoms with Crippen molar-refractivity contribution in [3.63, 3.8) is 0 Å². The van der Waals surface area contributed by atoms with Crippen molar-refractivity contribution < 1.29 is 13.9 Å². The predicted octanol–water partition coefficient (Wildman–Crippen LogP) is 1.66. The lowest BCUT2D eigenvalue weighted by molar-refractivity contribution is -0.134. The van der Waals surface area contributed by atoms with Crippen molar-refractivity contribution in [1.29, 1.82) is 0 Å². The summed E-state index contributed by atoms with van der Waals surface area (Å²) in [6.07, 6.45) is 4.92. The van der Waals surface area contributed by atoms with E-state index in [-0.39, 0.29) is 24.3 Å². The van der Waals surface area contributed by atoms with Gasteiger partial charge in [0.2, 0.25) is 0 Å². The van der Waals surface area contributed by atoms with Gasteiger partial charge in [-0.15, -0.1) is 0 Å². The number of hydrogen-bond acceptors (Lipinski definition) is 4. The minimum absolute atomic E-state index is 0.103. The number of rotatable bonds is 4. The topological polar surface area (TPSA) is 60.2 Å². The van der Waals surface area contributed by atoms with Crippen molar-refractivity contribution >= 4 is 5.91 Å². The standard InChI is InChI=1S/C15H17FN4O2/c16-13-3-1-2-4-14(13)22-11-15(21)19-9-5-12(6-10-19)20-17-7-8-18-20/h1-4,7-8,12H,5-6,9-11H2. The molecule has 0 saturated carbocycles.